The van der Waals surface area contributed by atoms with Crippen LogP contribution in [0.15, 0.2) is 42.0 Å². The largest absolute Gasteiger partial charge is 0.478 e. The van der Waals surface area contributed by atoms with Crippen LogP contribution in [-0.2, 0) is 4.79 Å². The minimum atomic E-state index is -1.01. The second kappa shape index (κ2) is 5.60. The van der Waals surface area contributed by atoms with Gasteiger partial charge in [0.25, 0.3) is 5.69 Å². The highest BCUT2D eigenvalue weighted by Crippen LogP contribution is 2.14. The number of carboxylic acid groups (broad SMARTS) is 1. The van der Waals surface area contributed by atoms with Crippen molar-refractivity contribution in [2.24, 2.45) is 0 Å². The Hall–Kier alpha value is -2.43. The van der Waals surface area contributed by atoms with Crippen molar-refractivity contribution in [1.29, 1.82) is 0 Å². The summed E-state index contributed by atoms with van der Waals surface area (Å²) in [6, 6.07) is 6.02. The van der Waals surface area contributed by atoms with Crippen LogP contribution in [0.25, 0.3) is 6.08 Å². The van der Waals surface area contributed by atoms with Crippen molar-refractivity contribution in [2.75, 3.05) is 0 Å². The van der Waals surface area contributed by atoms with E-state index in [1.807, 2.05) is 0 Å². The highest BCUT2D eigenvalue weighted by molar-refractivity contribution is 5.80. The number of nitrogens with zero attached hydrogens (tertiary/aromatic N) is 1. The summed E-state index contributed by atoms with van der Waals surface area (Å²) in [7, 11) is 0. The van der Waals surface area contributed by atoms with Crippen LogP contribution in [0.3, 0.4) is 0 Å². The first-order valence-electron chi connectivity index (χ1n) is 4.83. The van der Waals surface area contributed by atoms with Crippen LogP contribution in [0.2, 0.25) is 0 Å². The molecule has 0 aliphatic rings. The molecule has 0 aliphatic carbocycles. The maximum Gasteiger partial charge on any atom is 0.328 e. The number of aliphatic carboxylic acids is 1. The van der Waals surface area contributed by atoms with Crippen molar-refractivity contribution in [3.63, 3.8) is 0 Å². The smallest absolute Gasteiger partial charge is 0.328 e. The van der Waals surface area contributed by atoms with Gasteiger partial charge in [-0.3, -0.25) is 10.1 Å². The first-order chi connectivity index (χ1) is 7.99. The van der Waals surface area contributed by atoms with Gasteiger partial charge in [0.15, 0.2) is 0 Å². The SMILES string of the molecule is CC(/C=C/C(=O)O)=C\c1ccc([N+](=O)[O-])cc1. The monoisotopic (exact) mass is 233 g/mol. The minimum absolute atomic E-state index is 0.0286. The molecule has 17 heavy (non-hydrogen) atoms. The molecule has 0 aromatic heterocycles. The number of hydrogen-bond donors (Lipinski definition) is 1. The Labute approximate surface area is 97.9 Å². The fourth-order valence-electron chi connectivity index (χ4n) is 1.21. The van der Waals surface area contributed by atoms with Gasteiger partial charge in [0, 0.05) is 18.2 Å². The third-order valence-corrected chi connectivity index (χ3v) is 1.99. The lowest BCUT2D eigenvalue weighted by Gasteiger charge is -1.95. The Kier molecular flexibility index (Phi) is 4.16. The topological polar surface area (TPSA) is 80.4 Å². The number of hydrogen-bond acceptors (Lipinski definition) is 3. The molecule has 0 aliphatic heterocycles. The van der Waals surface area contributed by atoms with E-state index in [0.717, 1.165) is 17.2 Å². The van der Waals surface area contributed by atoms with Crippen molar-refractivity contribution < 1.29 is 14.8 Å². The maximum atomic E-state index is 10.4. The number of allylic oxidation sites excluding steroid dienone is 2. The summed E-state index contributed by atoms with van der Waals surface area (Å²) in [5, 5.41) is 18.9. The van der Waals surface area contributed by atoms with E-state index in [1.165, 1.54) is 18.2 Å². The maximum absolute atomic E-state index is 10.4. The van der Waals surface area contributed by atoms with Crippen molar-refractivity contribution >= 4 is 17.7 Å². The summed E-state index contributed by atoms with van der Waals surface area (Å²) >= 11 is 0. The molecule has 1 rings (SSSR count). The highest BCUT2D eigenvalue weighted by atomic mass is 16.6. The van der Waals surface area contributed by atoms with Crippen molar-refractivity contribution in [3.05, 3.63) is 57.7 Å². The average Bonchev–Trinajstić information content (AvgIpc) is 2.27. The molecule has 0 spiro atoms. The Balaban J connectivity index is 2.84. The molecule has 5 heteroatoms. The molecule has 0 fully saturated rings. The standard InChI is InChI=1S/C12H11NO4/c1-9(2-7-12(14)15)8-10-3-5-11(6-4-10)13(16)17/h2-8H,1H3,(H,14,15)/b7-2+,9-8+. The third kappa shape index (κ3) is 4.29. The fourth-order valence-corrected chi connectivity index (χ4v) is 1.21. The van der Waals surface area contributed by atoms with Crippen LogP contribution in [-0.4, -0.2) is 16.0 Å². The predicted octanol–water partition coefficient (Wildman–Crippen LogP) is 2.64. The van der Waals surface area contributed by atoms with Crippen molar-refractivity contribution in [1.82, 2.24) is 0 Å². The van der Waals surface area contributed by atoms with Gasteiger partial charge in [-0.25, -0.2) is 4.79 Å². The number of carbonyl (C=O) groups is 1. The molecule has 88 valence electrons. The van der Waals surface area contributed by atoms with E-state index in [9.17, 15) is 14.9 Å². The number of non-ortho nitro benzene ring substituents is 1. The second-order valence-corrected chi connectivity index (χ2v) is 3.41. The highest BCUT2D eigenvalue weighted by Gasteiger charge is 2.02. The fraction of sp³-hybridized carbons (Fsp3) is 0.0833. The molecule has 0 heterocycles. The van der Waals surface area contributed by atoms with E-state index in [-0.39, 0.29) is 5.69 Å². The number of carboxylic acids is 1. The molecule has 1 N–H and O–H groups in total. The molecule has 1 aromatic carbocycles. The molecule has 0 saturated heterocycles. The summed E-state index contributed by atoms with van der Waals surface area (Å²) in [5.74, 6) is -1.01. The number of rotatable bonds is 4. The third-order valence-electron chi connectivity index (χ3n) is 1.99. The van der Waals surface area contributed by atoms with E-state index in [0.29, 0.717) is 0 Å². The van der Waals surface area contributed by atoms with Crippen LogP contribution >= 0.6 is 0 Å². The van der Waals surface area contributed by atoms with Crippen LogP contribution < -0.4 is 0 Å². The molecule has 0 atom stereocenters. The van der Waals surface area contributed by atoms with Crippen LogP contribution in [0.1, 0.15) is 12.5 Å². The molecule has 5 nitrogen and oxygen atoms in total. The number of benzene rings is 1. The number of nitro groups is 1. The van der Waals surface area contributed by atoms with E-state index in [4.69, 9.17) is 5.11 Å². The Morgan fingerprint density at radius 1 is 1.29 bits per heavy atom. The lowest BCUT2D eigenvalue weighted by atomic mass is 10.1. The lowest BCUT2D eigenvalue weighted by Crippen LogP contribution is -1.87. The molecule has 0 amide bonds. The zero-order chi connectivity index (χ0) is 12.8. The minimum Gasteiger partial charge on any atom is -0.478 e. The molecule has 1 aromatic rings. The molecule has 0 bridgehead atoms. The van der Waals surface area contributed by atoms with E-state index in [2.05, 4.69) is 0 Å². The Morgan fingerprint density at radius 2 is 1.88 bits per heavy atom. The van der Waals surface area contributed by atoms with Crippen LogP contribution in [0.5, 0.6) is 0 Å². The zero-order valence-electron chi connectivity index (χ0n) is 9.16. The van der Waals surface area contributed by atoms with Crippen LogP contribution in [0.4, 0.5) is 5.69 Å². The quantitative estimate of drug-likeness (QED) is 0.375. The summed E-state index contributed by atoms with van der Waals surface area (Å²) in [6.45, 7) is 1.75. The van der Waals surface area contributed by atoms with Gasteiger partial charge in [-0.2, -0.15) is 0 Å². The zero-order valence-corrected chi connectivity index (χ0v) is 9.16. The van der Waals surface area contributed by atoms with Gasteiger partial charge in [-0.1, -0.05) is 17.7 Å². The second-order valence-electron chi connectivity index (χ2n) is 3.41. The lowest BCUT2D eigenvalue weighted by molar-refractivity contribution is -0.384. The van der Waals surface area contributed by atoms with E-state index < -0.39 is 10.9 Å². The van der Waals surface area contributed by atoms with E-state index in [1.54, 1.807) is 25.1 Å². The van der Waals surface area contributed by atoms with Crippen molar-refractivity contribution in [2.45, 2.75) is 6.92 Å². The van der Waals surface area contributed by atoms with E-state index >= 15 is 0 Å². The molecular formula is C12H11NO4. The van der Waals surface area contributed by atoms with Gasteiger partial charge in [0.1, 0.15) is 0 Å². The molecule has 0 radical (unpaired) electrons. The summed E-state index contributed by atoms with van der Waals surface area (Å²) < 4.78 is 0. The van der Waals surface area contributed by atoms with Gasteiger partial charge < -0.3 is 5.11 Å². The summed E-state index contributed by atoms with van der Waals surface area (Å²) in [4.78, 5) is 20.2. The Bertz CT molecular complexity index is 486. The van der Waals surface area contributed by atoms with Gasteiger partial charge in [0.05, 0.1) is 4.92 Å². The first kappa shape index (κ1) is 12.6. The van der Waals surface area contributed by atoms with Gasteiger partial charge >= 0.3 is 5.97 Å². The summed E-state index contributed by atoms with van der Waals surface area (Å²) in [6.07, 6.45) is 4.24. The molecular weight excluding hydrogens is 222 g/mol. The van der Waals surface area contributed by atoms with Gasteiger partial charge in [0.2, 0.25) is 0 Å². The first-order valence-corrected chi connectivity index (χ1v) is 4.83. The normalized spacial score (nSPS) is 11.7. The van der Waals surface area contributed by atoms with Gasteiger partial charge in [-0.05, 0) is 24.6 Å². The van der Waals surface area contributed by atoms with Crippen molar-refractivity contribution in [3.8, 4) is 0 Å². The Morgan fingerprint density at radius 3 is 2.35 bits per heavy atom. The number of nitro benzene ring substituents is 1. The molecule has 0 unspecified atom stereocenters. The average molecular weight is 233 g/mol. The summed E-state index contributed by atoms with van der Waals surface area (Å²) in [5.41, 5.74) is 1.56. The van der Waals surface area contributed by atoms with Crippen LogP contribution in [0, 0.1) is 10.1 Å². The molecule has 0 saturated carbocycles. The van der Waals surface area contributed by atoms with Gasteiger partial charge in [-0.15, -0.1) is 0 Å². The predicted molar refractivity (Wildman–Crippen MR) is 63.5 cm³/mol.